The summed E-state index contributed by atoms with van der Waals surface area (Å²) >= 11 is 6.03. The van der Waals surface area contributed by atoms with Gasteiger partial charge in [0.05, 0.1) is 24.1 Å². The lowest BCUT2D eigenvalue weighted by Gasteiger charge is -2.21. The zero-order chi connectivity index (χ0) is 10.1. The van der Waals surface area contributed by atoms with E-state index in [1.807, 2.05) is 0 Å². The second-order valence-electron chi connectivity index (χ2n) is 3.53. The summed E-state index contributed by atoms with van der Waals surface area (Å²) in [6.07, 6.45) is 2.01. The van der Waals surface area contributed by atoms with Gasteiger partial charge in [-0.3, -0.25) is 4.98 Å². The van der Waals surface area contributed by atoms with Crippen LogP contribution in [0.15, 0.2) is 6.07 Å². The number of pyridine rings is 1. The van der Waals surface area contributed by atoms with Crippen molar-refractivity contribution < 1.29 is 10.2 Å². The molecular formula is C10H12ClNO2. The normalized spacial score (nSPS) is 20.6. The van der Waals surface area contributed by atoms with E-state index in [9.17, 15) is 5.11 Å². The van der Waals surface area contributed by atoms with Crippen molar-refractivity contribution in [1.29, 1.82) is 0 Å². The average molecular weight is 214 g/mol. The minimum absolute atomic E-state index is 0.139. The third-order valence-electron chi connectivity index (χ3n) is 2.54. The summed E-state index contributed by atoms with van der Waals surface area (Å²) in [6, 6.07) is 1.67. The number of aliphatic hydroxyl groups is 2. The van der Waals surface area contributed by atoms with Crippen LogP contribution in [0.4, 0.5) is 0 Å². The lowest BCUT2D eigenvalue weighted by atomic mass is 9.93. The van der Waals surface area contributed by atoms with Crippen LogP contribution < -0.4 is 0 Å². The molecule has 1 atom stereocenters. The Morgan fingerprint density at radius 3 is 3.07 bits per heavy atom. The van der Waals surface area contributed by atoms with Crippen molar-refractivity contribution in [3.63, 3.8) is 0 Å². The van der Waals surface area contributed by atoms with E-state index >= 15 is 0 Å². The van der Waals surface area contributed by atoms with E-state index in [0.29, 0.717) is 16.4 Å². The Balaban J connectivity index is 2.51. The molecule has 0 saturated heterocycles. The van der Waals surface area contributed by atoms with Gasteiger partial charge < -0.3 is 10.2 Å². The lowest BCUT2D eigenvalue weighted by Crippen LogP contribution is -2.13. The highest BCUT2D eigenvalue weighted by atomic mass is 35.5. The molecule has 14 heavy (non-hydrogen) atoms. The van der Waals surface area contributed by atoms with Crippen LogP contribution in [0.1, 0.15) is 35.9 Å². The number of nitrogens with zero attached hydrogens (tertiary/aromatic N) is 1. The molecule has 1 aliphatic carbocycles. The number of aromatic nitrogens is 1. The molecule has 1 unspecified atom stereocenters. The fourth-order valence-electron chi connectivity index (χ4n) is 1.82. The molecule has 0 spiro atoms. The summed E-state index contributed by atoms with van der Waals surface area (Å²) in [7, 11) is 0. The molecule has 1 aromatic heterocycles. The van der Waals surface area contributed by atoms with Crippen LogP contribution in [0.25, 0.3) is 0 Å². The SMILES string of the molecule is OCc1cc(Cl)c2c(n1)C(O)CCC2. The van der Waals surface area contributed by atoms with Crippen LogP contribution >= 0.6 is 11.6 Å². The van der Waals surface area contributed by atoms with Gasteiger partial charge in [0, 0.05) is 5.02 Å². The zero-order valence-corrected chi connectivity index (χ0v) is 8.46. The molecule has 0 saturated carbocycles. The standard InChI is InChI=1S/C10H12ClNO2/c11-8-4-6(5-13)12-10-7(8)2-1-3-9(10)14/h4,9,13-14H,1-3,5H2. The highest BCUT2D eigenvalue weighted by Gasteiger charge is 2.22. The molecule has 0 amide bonds. The average Bonchev–Trinajstić information content (AvgIpc) is 2.19. The van der Waals surface area contributed by atoms with Gasteiger partial charge in [0.1, 0.15) is 0 Å². The van der Waals surface area contributed by atoms with E-state index in [-0.39, 0.29) is 6.61 Å². The van der Waals surface area contributed by atoms with Gasteiger partial charge in [0.15, 0.2) is 0 Å². The molecule has 76 valence electrons. The van der Waals surface area contributed by atoms with Crippen molar-refractivity contribution in [2.24, 2.45) is 0 Å². The van der Waals surface area contributed by atoms with Gasteiger partial charge in [0.2, 0.25) is 0 Å². The molecule has 0 aromatic carbocycles. The predicted molar refractivity (Wildman–Crippen MR) is 53.1 cm³/mol. The van der Waals surface area contributed by atoms with Crippen LogP contribution in [0.3, 0.4) is 0 Å². The molecular weight excluding hydrogens is 202 g/mol. The van der Waals surface area contributed by atoms with Gasteiger partial charge in [-0.15, -0.1) is 0 Å². The Hall–Kier alpha value is -0.640. The van der Waals surface area contributed by atoms with Gasteiger partial charge in [-0.2, -0.15) is 0 Å². The topological polar surface area (TPSA) is 53.4 Å². The van der Waals surface area contributed by atoms with E-state index in [0.717, 1.165) is 24.8 Å². The number of rotatable bonds is 1. The van der Waals surface area contributed by atoms with Crippen LogP contribution in [-0.4, -0.2) is 15.2 Å². The van der Waals surface area contributed by atoms with Crippen molar-refractivity contribution in [2.45, 2.75) is 32.0 Å². The summed E-state index contributed by atoms with van der Waals surface area (Å²) in [5, 5.41) is 19.3. The van der Waals surface area contributed by atoms with E-state index in [2.05, 4.69) is 4.98 Å². The quantitative estimate of drug-likeness (QED) is 0.745. The summed E-state index contributed by atoms with van der Waals surface area (Å²) in [5.74, 6) is 0. The highest BCUT2D eigenvalue weighted by Crippen LogP contribution is 2.32. The van der Waals surface area contributed by atoms with Gasteiger partial charge in [0.25, 0.3) is 0 Å². The van der Waals surface area contributed by atoms with Gasteiger partial charge in [-0.1, -0.05) is 11.6 Å². The number of aliphatic hydroxyl groups excluding tert-OH is 2. The maximum absolute atomic E-state index is 9.70. The van der Waals surface area contributed by atoms with Crippen molar-refractivity contribution in [2.75, 3.05) is 0 Å². The molecule has 0 fully saturated rings. The summed E-state index contributed by atoms with van der Waals surface area (Å²) in [6.45, 7) is -0.139. The third-order valence-corrected chi connectivity index (χ3v) is 2.87. The Kier molecular flexibility index (Phi) is 2.72. The van der Waals surface area contributed by atoms with E-state index in [1.54, 1.807) is 6.07 Å². The van der Waals surface area contributed by atoms with Crippen molar-refractivity contribution >= 4 is 11.6 Å². The van der Waals surface area contributed by atoms with Crippen molar-refractivity contribution in [3.8, 4) is 0 Å². The first-order chi connectivity index (χ1) is 6.72. The molecule has 2 N–H and O–H groups in total. The van der Waals surface area contributed by atoms with Gasteiger partial charge in [-0.05, 0) is 30.9 Å². The van der Waals surface area contributed by atoms with Gasteiger partial charge >= 0.3 is 0 Å². The Morgan fingerprint density at radius 2 is 2.36 bits per heavy atom. The number of halogens is 1. The largest absolute Gasteiger partial charge is 0.390 e. The van der Waals surface area contributed by atoms with Crippen molar-refractivity contribution in [1.82, 2.24) is 4.98 Å². The van der Waals surface area contributed by atoms with Crippen LogP contribution in [-0.2, 0) is 13.0 Å². The minimum Gasteiger partial charge on any atom is -0.390 e. The molecule has 1 aliphatic rings. The second-order valence-corrected chi connectivity index (χ2v) is 3.93. The highest BCUT2D eigenvalue weighted by molar-refractivity contribution is 6.31. The number of hydrogen-bond acceptors (Lipinski definition) is 3. The molecule has 2 rings (SSSR count). The molecule has 3 nitrogen and oxygen atoms in total. The van der Waals surface area contributed by atoms with Crippen LogP contribution in [0.5, 0.6) is 0 Å². The third kappa shape index (κ3) is 1.63. The molecule has 1 heterocycles. The fourth-order valence-corrected chi connectivity index (χ4v) is 2.14. The van der Waals surface area contributed by atoms with Gasteiger partial charge in [-0.25, -0.2) is 0 Å². The number of fused-ring (bicyclic) bond motifs is 1. The lowest BCUT2D eigenvalue weighted by molar-refractivity contribution is 0.150. The predicted octanol–water partition coefficient (Wildman–Crippen LogP) is 1.60. The molecule has 1 aromatic rings. The summed E-state index contributed by atoms with van der Waals surface area (Å²) in [4.78, 5) is 4.19. The minimum atomic E-state index is -0.525. The molecule has 0 radical (unpaired) electrons. The van der Waals surface area contributed by atoms with E-state index < -0.39 is 6.10 Å². The second kappa shape index (κ2) is 3.85. The fraction of sp³-hybridized carbons (Fsp3) is 0.500. The smallest absolute Gasteiger partial charge is 0.0963 e. The maximum atomic E-state index is 9.70. The molecule has 0 bridgehead atoms. The van der Waals surface area contributed by atoms with Crippen LogP contribution in [0.2, 0.25) is 5.02 Å². The molecule has 4 heteroatoms. The summed E-state index contributed by atoms with van der Waals surface area (Å²) in [5.41, 5.74) is 2.10. The first-order valence-corrected chi connectivity index (χ1v) is 5.07. The molecule has 0 aliphatic heterocycles. The first-order valence-electron chi connectivity index (χ1n) is 4.69. The van der Waals surface area contributed by atoms with E-state index in [4.69, 9.17) is 16.7 Å². The van der Waals surface area contributed by atoms with Crippen LogP contribution in [0, 0.1) is 0 Å². The van der Waals surface area contributed by atoms with Crippen molar-refractivity contribution in [3.05, 3.63) is 28.0 Å². The Bertz CT molecular complexity index is 354. The summed E-state index contributed by atoms with van der Waals surface area (Å²) < 4.78 is 0. The van der Waals surface area contributed by atoms with E-state index in [1.165, 1.54) is 0 Å². The zero-order valence-electron chi connectivity index (χ0n) is 7.70. The maximum Gasteiger partial charge on any atom is 0.0963 e. The first kappa shape index (κ1) is 9.90. The Labute approximate surface area is 87.4 Å². The number of hydrogen-bond donors (Lipinski definition) is 2. The monoisotopic (exact) mass is 213 g/mol. The Morgan fingerprint density at radius 1 is 1.57 bits per heavy atom.